The number of urea groups is 1. The molecular weight excluding hydrogens is 498 g/mol. The maximum Gasteiger partial charge on any atom is 0.321 e. The van der Waals surface area contributed by atoms with Crippen LogP contribution in [0.5, 0.6) is 5.75 Å². The Balaban J connectivity index is 1.20. The Kier molecular flexibility index (Phi) is 7.02. The maximum atomic E-state index is 12.9. The summed E-state index contributed by atoms with van der Waals surface area (Å²) in [6.45, 7) is 6.48. The van der Waals surface area contributed by atoms with E-state index in [4.69, 9.17) is 4.74 Å². The average Bonchev–Trinajstić information content (AvgIpc) is 3.48. The van der Waals surface area contributed by atoms with Gasteiger partial charge < -0.3 is 20.4 Å². The summed E-state index contributed by atoms with van der Waals surface area (Å²) in [5.74, 6) is 0.610. The van der Waals surface area contributed by atoms with Gasteiger partial charge in [0.15, 0.2) is 5.13 Å². The molecule has 0 aliphatic rings. The van der Waals surface area contributed by atoms with Crippen LogP contribution in [0, 0.1) is 20.8 Å². The summed E-state index contributed by atoms with van der Waals surface area (Å²) in [5, 5.41) is 10.3. The van der Waals surface area contributed by atoms with Gasteiger partial charge in [-0.15, -0.1) is 0 Å². The molecule has 3 aromatic carbocycles. The number of nitrogens with zero attached hydrogens (tertiary/aromatic N) is 1. The molecule has 0 fully saturated rings. The number of carbonyl (C=O) groups excluding carboxylic acids is 2. The van der Waals surface area contributed by atoms with E-state index in [2.05, 4.69) is 38.1 Å². The van der Waals surface area contributed by atoms with Crippen molar-refractivity contribution in [2.75, 3.05) is 24.3 Å². The van der Waals surface area contributed by atoms with Crippen molar-refractivity contribution in [1.29, 1.82) is 0 Å². The van der Waals surface area contributed by atoms with Crippen LogP contribution >= 0.6 is 11.3 Å². The van der Waals surface area contributed by atoms with Crippen LogP contribution in [0.1, 0.15) is 32.6 Å². The number of H-pyrrole nitrogens is 1. The van der Waals surface area contributed by atoms with Crippen LogP contribution in [0.4, 0.5) is 15.6 Å². The Hall–Kier alpha value is -4.37. The van der Waals surface area contributed by atoms with Gasteiger partial charge in [-0.05, 0) is 80.3 Å². The Labute approximate surface area is 224 Å². The number of aryl methyl sites for hydroxylation is 3. The highest BCUT2D eigenvalue weighted by molar-refractivity contribution is 7.22. The van der Waals surface area contributed by atoms with Crippen LogP contribution in [0.2, 0.25) is 0 Å². The van der Waals surface area contributed by atoms with E-state index in [9.17, 15) is 9.59 Å². The number of rotatable bonds is 7. The van der Waals surface area contributed by atoms with Crippen molar-refractivity contribution in [3.8, 4) is 5.75 Å². The van der Waals surface area contributed by atoms with Crippen LogP contribution in [0.3, 0.4) is 0 Å². The number of hydrogen-bond donors (Lipinski definition) is 4. The van der Waals surface area contributed by atoms with Crippen LogP contribution in [0.15, 0.2) is 54.7 Å². The largest absolute Gasteiger partial charge is 0.497 e. The van der Waals surface area contributed by atoms with E-state index < -0.39 is 0 Å². The summed E-state index contributed by atoms with van der Waals surface area (Å²) in [4.78, 5) is 33.2. The van der Waals surface area contributed by atoms with Crippen molar-refractivity contribution in [1.82, 2.24) is 15.3 Å². The predicted molar refractivity (Wildman–Crippen MR) is 154 cm³/mol. The molecule has 0 spiro atoms. The molecule has 3 amide bonds. The highest BCUT2D eigenvalue weighted by Crippen LogP contribution is 2.28. The highest BCUT2D eigenvalue weighted by atomic mass is 32.1. The van der Waals surface area contributed by atoms with Crippen molar-refractivity contribution in [3.05, 3.63) is 82.5 Å². The van der Waals surface area contributed by atoms with E-state index in [0.717, 1.165) is 54.8 Å². The van der Waals surface area contributed by atoms with Gasteiger partial charge in [0.2, 0.25) is 0 Å². The summed E-state index contributed by atoms with van der Waals surface area (Å²) < 4.78 is 6.14. The number of nitrogens with one attached hydrogen (secondary N) is 4. The zero-order valence-electron chi connectivity index (χ0n) is 21.7. The third-order valence-electron chi connectivity index (χ3n) is 6.44. The minimum Gasteiger partial charge on any atom is -0.497 e. The lowest BCUT2D eigenvalue weighted by molar-refractivity contribution is 0.102. The summed E-state index contributed by atoms with van der Waals surface area (Å²) in [6, 6.07) is 15.0. The Morgan fingerprint density at radius 1 is 1.00 bits per heavy atom. The number of benzene rings is 3. The third-order valence-corrected chi connectivity index (χ3v) is 7.37. The van der Waals surface area contributed by atoms with Crippen LogP contribution < -0.4 is 20.7 Å². The highest BCUT2D eigenvalue weighted by Gasteiger charge is 2.14. The quantitative estimate of drug-likeness (QED) is 0.198. The topological polar surface area (TPSA) is 108 Å². The molecule has 0 saturated carbocycles. The molecule has 9 heteroatoms. The predicted octanol–water partition coefficient (Wildman–Crippen LogP) is 6.33. The average molecular weight is 528 g/mol. The van der Waals surface area contributed by atoms with Crippen molar-refractivity contribution in [3.63, 3.8) is 0 Å². The number of thiazole rings is 1. The molecular formula is C29H29N5O3S. The summed E-state index contributed by atoms with van der Waals surface area (Å²) in [5.41, 5.74) is 7.41. The molecule has 4 N–H and O–H groups in total. The number of anilines is 2. The maximum absolute atomic E-state index is 12.9. The minimum atomic E-state index is -0.329. The first kappa shape index (κ1) is 25.3. The van der Waals surface area contributed by atoms with Crippen LogP contribution in [-0.4, -0.2) is 35.6 Å². The molecule has 0 aliphatic carbocycles. The Bertz CT molecular complexity index is 1650. The molecule has 0 aliphatic heterocycles. The standard InChI is InChI=1S/C29H29N5O3S/c1-16-11-17(2)26(18(3)12-16)33-27(35)19-5-7-24-25(13-19)38-29(32-24)34-28(36)30-10-9-20-15-31-23-8-6-21(37-4)14-22(20)23/h5-8,11-15,31H,9-10H2,1-4H3,(H,33,35)(H2,30,32,34,36). The lowest BCUT2D eigenvalue weighted by atomic mass is 10.0. The van der Waals surface area contributed by atoms with Gasteiger partial charge in [0, 0.05) is 34.9 Å². The van der Waals surface area contributed by atoms with Crippen LogP contribution in [-0.2, 0) is 6.42 Å². The molecule has 0 radical (unpaired) electrons. The lowest BCUT2D eigenvalue weighted by Crippen LogP contribution is -2.30. The number of amides is 3. The lowest BCUT2D eigenvalue weighted by Gasteiger charge is -2.12. The first-order valence-electron chi connectivity index (χ1n) is 12.3. The van der Waals surface area contributed by atoms with Gasteiger partial charge in [0.1, 0.15) is 5.75 Å². The van der Waals surface area contributed by atoms with E-state index in [-0.39, 0.29) is 11.9 Å². The molecule has 2 heterocycles. The molecule has 194 valence electrons. The van der Waals surface area contributed by atoms with Gasteiger partial charge in [-0.3, -0.25) is 10.1 Å². The van der Waals surface area contributed by atoms with Crippen molar-refractivity contribution >= 4 is 55.2 Å². The number of fused-ring (bicyclic) bond motifs is 2. The van der Waals surface area contributed by atoms with Crippen molar-refractivity contribution < 1.29 is 14.3 Å². The summed E-state index contributed by atoms with van der Waals surface area (Å²) in [6.07, 6.45) is 2.62. The van der Waals surface area contributed by atoms with E-state index >= 15 is 0 Å². The molecule has 0 atom stereocenters. The van der Waals surface area contributed by atoms with E-state index in [1.165, 1.54) is 11.3 Å². The van der Waals surface area contributed by atoms with E-state index in [1.54, 1.807) is 25.3 Å². The first-order chi connectivity index (χ1) is 18.3. The second-order valence-electron chi connectivity index (χ2n) is 9.29. The van der Waals surface area contributed by atoms with Gasteiger partial charge in [0.05, 0.1) is 17.3 Å². The number of hydrogen-bond acceptors (Lipinski definition) is 5. The molecule has 8 nitrogen and oxygen atoms in total. The molecule has 0 unspecified atom stereocenters. The number of methoxy groups -OCH3 is 1. The number of carbonyl (C=O) groups is 2. The van der Waals surface area contributed by atoms with Gasteiger partial charge >= 0.3 is 6.03 Å². The summed E-state index contributed by atoms with van der Waals surface area (Å²) >= 11 is 1.33. The SMILES string of the molecule is COc1ccc2[nH]cc(CCNC(=O)Nc3nc4ccc(C(=O)Nc5c(C)cc(C)cc5C)cc4s3)c2c1. The Morgan fingerprint density at radius 2 is 1.79 bits per heavy atom. The monoisotopic (exact) mass is 527 g/mol. The normalized spacial score (nSPS) is 11.1. The van der Waals surface area contributed by atoms with Gasteiger partial charge in [0.25, 0.3) is 5.91 Å². The van der Waals surface area contributed by atoms with Crippen molar-refractivity contribution in [2.45, 2.75) is 27.2 Å². The zero-order valence-corrected chi connectivity index (χ0v) is 22.5. The Morgan fingerprint density at radius 3 is 2.55 bits per heavy atom. The second-order valence-corrected chi connectivity index (χ2v) is 10.3. The fraction of sp³-hybridized carbons (Fsp3) is 0.207. The molecule has 5 rings (SSSR count). The fourth-order valence-corrected chi connectivity index (χ4v) is 5.53. The minimum absolute atomic E-state index is 0.183. The van der Waals surface area contributed by atoms with Crippen molar-refractivity contribution in [2.24, 2.45) is 0 Å². The van der Waals surface area contributed by atoms with Gasteiger partial charge in [-0.2, -0.15) is 0 Å². The zero-order chi connectivity index (χ0) is 26.8. The van der Waals surface area contributed by atoms with Crippen LogP contribution in [0.25, 0.3) is 21.1 Å². The molecule has 0 bridgehead atoms. The number of ether oxygens (including phenoxy) is 1. The number of aromatic amines is 1. The van der Waals surface area contributed by atoms with E-state index in [0.29, 0.717) is 23.7 Å². The fourth-order valence-electron chi connectivity index (χ4n) is 4.63. The van der Waals surface area contributed by atoms with Gasteiger partial charge in [-0.25, -0.2) is 9.78 Å². The molecule has 5 aromatic rings. The summed E-state index contributed by atoms with van der Waals surface area (Å²) in [7, 11) is 1.64. The molecule has 0 saturated heterocycles. The van der Waals surface area contributed by atoms with E-state index in [1.807, 2.05) is 45.2 Å². The smallest absolute Gasteiger partial charge is 0.321 e. The molecule has 38 heavy (non-hydrogen) atoms. The number of aromatic nitrogens is 2. The first-order valence-corrected chi connectivity index (χ1v) is 13.1. The second kappa shape index (κ2) is 10.5. The molecule has 2 aromatic heterocycles. The third kappa shape index (κ3) is 5.33. The van der Waals surface area contributed by atoms with Gasteiger partial charge in [-0.1, -0.05) is 29.0 Å².